The lowest BCUT2D eigenvalue weighted by atomic mass is 10.1. The summed E-state index contributed by atoms with van der Waals surface area (Å²) in [5.41, 5.74) is 3.17. The third-order valence-electron chi connectivity index (χ3n) is 6.00. The highest BCUT2D eigenvalue weighted by Gasteiger charge is 2.37. The van der Waals surface area contributed by atoms with Crippen LogP contribution >= 0.6 is 0 Å². The molecule has 0 radical (unpaired) electrons. The van der Waals surface area contributed by atoms with E-state index in [0.717, 1.165) is 22.9 Å². The smallest absolute Gasteiger partial charge is 0.355 e. The summed E-state index contributed by atoms with van der Waals surface area (Å²) in [5.74, 6) is -1.56. The average Bonchev–Trinajstić information content (AvgIpc) is 3.54. The second kappa shape index (κ2) is 9.03. The number of hydrogen-bond donors (Lipinski definition) is 1. The van der Waals surface area contributed by atoms with Crippen molar-refractivity contribution in [2.24, 2.45) is 0 Å². The summed E-state index contributed by atoms with van der Waals surface area (Å²) in [6, 6.07) is 7.30. The van der Waals surface area contributed by atoms with Crippen LogP contribution in [0.3, 0.4) is 0 Å². The van der Waals surface area contributed by atoms with Gasteiger partial charge in [0.05, 0.1) is 0 Å². The number of nitrogens with one attached hydrogen (secondary N) is 1. The second-order valence-electron chi connectivity index (χ2n) is 8.44. The molecule has 2 aromatic heterocycles. The van der Waals surface area contributed by atoms with Gasteiger partial charge in [0, 0.05) is 43.0 Å². The van der Waals surface area contributed by atoms with Crippen LogP contribution in [0.15, 0.2) is 24.3 Å². The van der Waals surface area contributed by atoms with Gasteiger partial charge in [0.1, 0.15) is 0 Å². The molecule has 180 valence electrons. The van der Waals surface area contributed by atoms with Crippen LogP contribution in [0, 0.1) is 13.8 Å². The minimum Gasteiger partial charge on any atom is -0.355 e. The Hall–Kier alpha value is -3.50. The Morgan fingerprint density at radius 3 is 2.41 bits per heavy atom. The summed E-state index contributed by atoms with van der Waals surface area (Å²) in [7, 11) is 1.57. The maximum Gasteiger partial charge on any atom is 0.453 e. The van der Waals surface area contributed by atoms with Crippen molar-refractivity contribution in [3.05, 3.63) is 58.2 Å². The van der Waals surface area contributed by atoms with E-state index in [9.17, 15) is 22.8 Å². The van der Waals surface area contributed by atoms with Gasteiger partial charge >= 0.3 is 6.18 Å². The third-order valence-corrected chi connectivity index (χ3v) is 6.00. The molecule has 0 unspecified atom stereocenters. The topological polar surface area (TPSA) is 92.5 Å². The van der Waals surface area contributed by atoms with E-state index in [1.807, 2.05) is 17.0 Å². The molecule has 2 heterocycles. The molecule has 1 aliphatic carbocycles. The number of fused-ring (bicyclic) bond motifs is 1. The van der Waals surface area contributed by atoms with Crippen LogP contribution in [-0.2, 0) is 23.9 Å². The Balaban J connectivity index is 1.48. The summed E-state index contributed by atoms with van der Waals surface area (Å²) < 4.78 is 40.1. The van der Waals surface area contributed by atoms with E-state index in [-0.39, 0.29) is 30.1 Å². The van der Waals surface area contributed by atoms with Crippen molar-refractivity contribution >= 4 is 17.6 Å². The number of benzene rings is 1. The lowest BCUT2D eigenvalue weighted by Crippen LogP contribution is -2.33. The number of rotatable bonds is 7. The highest BCUT2D eigenvalue weighted by atomic mass is 19.4. The first kappa shape index (κ1) is 23.7. The fourth-order valence-electron chi connectivity index (χ4n) is 3.98. The van der Waals surface area contributed by atoms with Gasteiger partial charge < -0.3 is 10.2 Å². The maximum atomic E-state index is 13.1. The predicted octanol–water partition coefficient (Wildman–Crippen LogP) is 3.24. The molecule has 11 heteroatoms. The van der Waals surface area contributed by atoms with Gasteiger partial charge in [-0.25, -0.2) is 9.50 Å². The van der Waals surface area contributed by atoms with Crippen LogP contribution < -0.4 is 5.32 Å². The van der Waals surface area contributed by atoms with Gasteiger partial charge in [-0.05, 0) is 56.4 Å². The quantitative estimate of drug-likeness (QED) is 0.568. The van der Waals surface area contributed by atoms with Gasteiger partial charge in [-0.1, -0.05) is 12.1 Å². The van der Waals surface area contributed by atoms with Crippen molar-refractivity contribution in [1.82, 2.24) is 29.8 Å². The third kappa shape index (κ3) is 4.87. The number of carbonyl (C=O) groups excluding carboxylic acids is 2. The van der Waals surface area contributed by atoms with Crippen molar-refractivity contribution in [3.8, 4) is 0 Å². The van der Waals surface area contributed by atoms with E-state index >= 15 is 0 Å². The summed E-state index contributed by atoms with van der Waals surface area (Å²) in [6.45, 7) is 3.79. The van der Waals surface area contributed by atoms with E-state index in [2.05, 4.69) is 20.4 Å². The molecule has 0 spiro atoms. The van der Waals surface area contributed by atoms with Crippen LogP contribution in [0.4, 0.5) is 13.2 Å². The number of nitrogens with zero attached hydrogens (tertiary/aromatic N) is 5. The van der Waals surface area contributed by atoms with Crippen molar-refractivity contribution in [1.29, 1.82) is 0 Å². The molecule has 1 aliphatic rings. The molecule has 34 heavy (non-hydrogen) atoms. The highest BCUT2D eigenvalue weighted by Crippen LogP contribution is 2.30. The summed E-state index contributed by atoms with van der Waals surface area (Å²) in [4.78, 5) is 34.3. The van der Waals surface area contributed by atoms with E-state index in [1.54, 1.807) is 33.0 Å². The van der Waals surface area contributed by atoms with Crippen LogP contribution in [0.5, 0.6) is 0 Å². The first-order valence-corrected chi connectivity index (χ1v) is 11.0. The highest BCUT2D eigenvalue weighted by molar-refractivity contribution is 5.93. The monoisotopic (exact) mass is 474 g/mol. The number of alkyl halides is 3. The Kier molecular flexibility index (Phi) is 6.28. The zero-order chi connectivity index (χ0) is 24.6. The van der Waals surface area contributed by atoms with Gasteiger partial charge in [0.15, 0.2) is 0 Å². The van der Waals surface area contributed by atoms with Crippen LogP contribution in [0.25, 0.3) is 5.78 Å². The van der Waals surface area contributed by atoms with Gasteiger partial charge in [-0.2, -0.15) is 18.2 Å². The zero-order valence-corrected chi connectivity index (χ0v) is 19.1. The molecule has 1 aromatic carbocycles. The minimum atomic E-state index is -4.66. The maximum absolute atomic E-state index is 13.1. The summed E-state index contributed by atoms with van der Waals surface area (Å²) in [6.07, 6.45) is -2.25. The van der Waals surface area contributed by atoms with Crippen molar-refractivity contribution in [2.75, 3.05) is 7.05 Å². The molecule has 8 nitrogen and oxygen atoms in total. The Morgan fingerprint density at radius 2 is 1.82 bits per heavy atom. The molecule has 3 aromatic rings. The Bertz CT molecular complexity index is 1230. The van der Waals surface area contributed by atoms with Gasteiger partial charge in [-0.3, -0.25) is 9.59 Å². The fourth-order valence-corrected chi connectivity index (χ4v) is 3.98. The minimum absolute atomic E-state index is 0.0358. The van der Waals surface area contributed by atoms with Crippen LogP contribution in [-0.4, -0.2) is 49.4 Å². The summed E-state index contributed by atoms with van der Waals surface area (Å²) in [5, 5.41) is 6.14. The van der Waals surface area contributed by atoms with E-state index in [0.29, 0.717) is 35.5 Å². The molecule has 2 amide bonds. The Labute approximate surface area is 194 Å². The molecule has 1 fully saturated rings. The number of aryl methyl sites for hydroxylation is 2. The number of amides is 2. The molecule has 0 bridgehead atoms. The van der Waals surface area contributed by atoms with E-state index < -0.39 is 12.0 Å². The number of hydrogen-bond acceptors (Lipinski definition) is 5. The normalized spacial score (nSPS) is 13.8. The lowest BCUT2D eigenvalue weighted by Gasteiger charge is -2.23. The largest absolute Gasteiger partial charge is 0.453 e. The molecule has 1 saturated carbocycles. The fraction of sp³-hybridized carbons (Fsp3) is 0.435. The number of halogens is 3. The van der Waals surface area contributed by atoms with Gasteiger partial charge in [0.2, 0.25) is 5.91 Å². The average molecular weight is 474 g/mol. The molecule has 0 atom stereocenters. The van der Waals surface area contributed by atoms with E-state index in [4.69, 9.17) is 0 Å². The summed E-state index contributed by atoms with van der Waals surface area (Å²) >= 11 is 0. The SMILES string of the molecule is CNC(=O)c1ccc(CN(C(=O)CCc2c(C)nc3nc(C(F)(F)F)nn3c2C)C2CC2)cc1. The van der Waals surface area contributed by atoms with Crippen LogP contribution in [0.2, 0.25) is 0 Å². The van der Waals surface area contributed by atoms with Crippen LogP contribution in [0.1, 0.15) is 58.0 Å². The number of aromatic nitrogens is 4. The first-order valence-electron chi connectivity index (χ1n) is 11.0. The molecule has 0 aliphatic heterocycles. The zero-order valence-electron chi connectivity index (χ0n) is 19.1. The Morgan fingerprint density at radius 1 is 1.15 bits per heavy atom. The van der Waals surface area contributed by atoms with Gasteiger partial charge in [0.25, 0.3) is 17.5 Å². The molecule has 0 saturated heterocycles. The van der Waals surface area contributed by atoms with Crippen molar-refractivity contribution in [2.45, 2.75) is 58.3 Å². The molecular weight excluding hydrogens is 449 g/mol. The standard InChI is InChI=1S/C23H25F3N6O2/c1-13-18(14(2)32-22(28-13)29-21(30-32)23(24,25)26)10-11-19(33)31(17-8-9-17)12-15-4-6-16(7-5-15)20(34)27-3/h4-7,17H,8-12H2,1-3H3,(H,27,34). The first-order chi connectivity index (χ1) is 16.1. The van der Waals surface area contributed by atoms with Gasteiger partial charge in [-0.15, -0.1) is 5.10 Å². The van der Waals surface area contributed by atoms with Crippen molar-refractivity contribution < 1.29 is 22.8 Å². The molecule has 1 N–H and O–H groups in total. The molecule has 4 rings (SSSR count). The lowest BCUT2D eigenvalue weighted by molar-refractivity contribution is -0.144. The van der Waals surface area contributed by atoms with Crippen molar-refractivity contribution in [3.63, 3.8) is 0 Å². The predicted molar refractivity (Wildman–Crippen MR) is 117 cm³/mol. The van der Waals surface area contributed by atoms with E-state index in [1.165, 1.54) is 0 Å². The number of carbonyl (C=O) groups is 2. The molecular formula is C23H25F3N6O2. The second-order valence-corrected chi connectivity index (χ2v) is 8.44.